The lowest BCUT2D eigenvalue weighted by Crippen LogP contribution is -2.16. The van der Waals surface area contributed by atoms with Crippen molar-refractivity contribution in [1.82, 2.24) is 0 Å². The molecule has 0 heterocycles. The van der Waals surface area contributed by atoms with Crippen molar-refractivity contribution in [1.29, 1.82) is 0 Å². The Balaban J connectivity index is 2.36. The molecule has 21 heavy (non-hydrogen) atoms. The maximum Gasteiger partial charge on any atom is 0.255 e. The molecule has 0 aliphatic heterocycles. The normalized spacial score (nSPS) is 11.2. The van der Waals surface area contributed by atoms with Gasteiger partial charge in [0.15, 0.2) is 0 Å². The molecule has 5 nitrogen and oxygen atoms in total. The van der Waals surface area contributed by atoms with E-state index in [0.717, 1.165) is 11.1 Å². The van der Waals surface area contributed by atoms with Gasteiger partial charge < -0.3 is 5.32 Å². The van der Waals surface area contributed by atoms with E-state index in [1.165, 1.54) is 12.1 Å². The van der Waals surface area contributed by atoms with Crippen molar-refractivity contribution in [3.8, 4) is 0 Å². The highest BCUT2D eigenvalue weighted by molar-refractivity contribution is 7.89. The first-order valence-corrected chi connectivity index (χ1v) is 7.84. The minimum Gasteiger partial charge on any atom is -0.322 e. The van der Waals surface area contributed by atoms with Crippen LogP contribution >= 0.6 is 0 Å². The van der Waals surface area contributed by atoms with Crippen LogP contribution in [0.2, 0.25) is 0 Å². The summed E-state index contributed by atoms with van der Waals surface area (Å²) in [6, 6.07) is 11.5. The van der Waals surface area contributed by atoms with Crippen molar-refractivity contribution in [2.45, 2.75) is 18.7 Å². The van der Waals surface area contributed by atoms with Crippen LogP contribution in [-0.4, -0.2) is 14.3 Å². The van der Waals surface area contributed by atoms with E-state index in [4.69, 9.17) is 5.14 Å². The third-order valence-corrected chi connectivity index (χ3v) is 4.09. The second kappa shape index (κ2) is 5.67. The number of hydrogen-bond donors (Lipinski definition) is 2. The SMILES string of the molecule is Cc1ccc(S(N)(=O)=O)cc1NC(=O)c1ccccc1C. The number of anilines is 1. The van der Waals surface area contributed by atoms with E-state index in [1.807, 2.05) is 19.1 Å². The van der Waals surface area contributed by atoms with E-state index < -0.39 is 10.0 Å². The molecule has 0 fully saturated rings. The highest BCUT2D eigenvalue weighted by Gasteiger charge is 2.13. The summed E-state index contributed by atoms with van der Waals surface area (Å²) < 4.78 is 22.7. The number of nitrogens with one attached hydrogen (secondary N) is 1. The van der Waals surface area contributed by atoms with Crippen LogP contribution < -0.4 is 10.5 Å². The molecular weight excluding hydrogens is 288 g/mol. The van der Waals surface area contributed by atoms with Gasteiger partial charge in [0.25, 0.3) is 5.91 Å². The van der Waals surface area contributed by atoms with Crippen LogP contribution in [0.3, 0.4) is 0 Å². The third-order valence-electron chi connectivity index (χ3n) is 3.18. The fourth-order valence-corrected chi connectivity index (χ4v) is 2.47. The minimum absolute atomic E-state index is 0.0341. The van der Waals surface area contributed by atoms with Gasteiger partial charge in [-0.15, -0.1) is 0 Å². The van der Waals surface area contributed by atoms with Gasteiger partial charge in [-0.1, -0.05) is 24.3 Å². The fourth-order valence-electron chi connectivity index (χ4n) is 1.93. The Labute approximate surface area is 123 Å². The maximum absolute atomic E-state index is 12.3. The summed E-state index contributed by atoms with van der Waals surface area (Å²) >= 11 is 0. The average Bonchev–Trinajstić information content (AvgIpc) is 2.40. The Morgan fingerprint density at radius 1 is 1.05 bits per heavy atom. The van der Waals surface area contributed by atoms with Crippen molar-refractivity contribution >= 4 is 21.6 Å². The largest absolute Gasteiger partial charge is 0.322 e. The first kappa shape index (κ1) is 15.2. The molecule has 0 bridgehead atoms. The van der Waals surface area contributed by atoms with E-state index in [-0.39, 0.29) is 10.8 Å². The number of carbonyl (C=O) groups is 1. The Morgan fingerprint density at radius 3 is 2.33 bits per heavy atom. The molecule has 1 amide bonds. The van der Waals surface area contributed by atoms with Gasteiger partial charge in [-0.3, -0.25) is 4.79 Å². The number of benzene rings is 2. The number of hydrogen-bond acceptors (Lipinski definition) is 3. The van der Waals surface area contributed by atoms with Crippen molar-refractivity contribution in [2.75, 3.05) is 5.32 Å². The van der Waals surface area contributed by atoms with E-state index >= 15 is 0 Å². The van der Waals surface area contributed by atoms with Gasteiger partial charge in [0.2, 0.25) is 10.0 Å². The first-order valence-electron chi connectivity index (χ1n) is 6.29. The highest BCUT2D eigenvalue weighted by Crippen LogP contribution is 2.20. The van der Waals surface area contributed by atoms with E-state index in [2.05, 4.69) is 5.32 Å². The van der Waals surface area contributed by atoms with Crippen LogP contribution in [0, 0.1) is 13.8 Å². The second-order valence-corrected chi connectivity index (χ2v) is 6.35. The van der Waals surface area contributed by atoms with Gasteiger partial charge in [0, 0.05) is 11.3 Å². The molecule has 0 radical (unpaired) electrons. The molecule has 2 aromatic rings. The smallest absolute Gasteiger partial charge is 0.255 e. The van der Waals surface area contributed by atoms with Gasteiger partial charge in [-0.25, -0.2) is 13.6 Å². The number of primary sulfonamides is 1. The third kappa shape index (κ3) is 3.48. The lowest BCUT2D eigenvalue weighted by atomic mass is 10.1. The zero-order valence-corrected chi connectivity index (χ0v) is 12.6. The van der Waals surface area contributed by atoms with Crippen LogP contribution in [-0.2, 0) is 10.0 Å². The quantitative estimate of drug-likeness (QED) is 0.911. The van der Waals surface area contributed by atoms with Crippen molar-refractivity contribution in [3.63, 3.8) is 0 Å². The van der Waals surface area contributed by atoms with E-state index in [0.29, 0.717) is 11.3 Å². The maximum atomic E-state index is 12.3. The van der Waals surface area contributed by atoms with Crippen LogP contribution in [0.1, 0.15) is 21.5 Å². The summed E-state index contributed by atoms with van der Waals surface area (Å²) in [5.74, 6) is -0.289. The zero-order chi connectivity index (χ0) is 15.6. The zero-order valence-electron chi connectivity index (χ0n) is 11.8. The molecule has 0 aromatic heterocycles. The first-order chi connectivity index (χ1) is 9.79. The van der Waals surface area contributed by atoms with Crippen LogP contribution in [0.5, 0.6) is 0 Å². The summed E-state index contributed by atoms with van der Waals surface area (Å²) in [4.78, 5) is 12.2. The number of rotatable bonds is 3. The molecule has 0 spiro atoms. The summed E-state index contributed by atoms with van der Waals surface area (Å²) in [7, 11) is -3.80. The topological polar surface area (TPSA) is 89.3 Å². The number of nitrogens with two attached hydrogens (primary N) is 1. The van der Waals surface area contributed by atoms with Gasteiger partial charge in [0.1, 0.15) is 0 Å². The second-order valence-electron chi connectivity index (χ2n) is 4.79. The Kier molecular flexibility index (Phi) is 4.11. The molecule has 0 saturated carbocycles. The molecule has 0 aliphatic rings. The average molecular weight is 304 g/mol. The number of aryl methyl sites for hydroxylation is 2. The van der Waals surface area contributed by atoms with Crippen LogP contribution in [0.25, 0.3) is 0 Å². The Bertz CT molecular complexity index is 798. The van der Waals surface area contributed by atoms with Crippen molar-refractivity contribution < 1.29 is 13.2 Å². The minimum atomic E-state index is -3.80. The molecule has 3 N–H and O–H groups in total. The van der Waals surface area contributed by atoms with Crippen molar-refractivity contribution in [2.24, 2.45) is 5.14 Å². The molecular formula is C15H16N2O3S. The number of amides is 1. The van der Waals surface area contributed by atoms with Crippen molar-refractivity contribution in [3.05, 3.63) is 59.2 Å². The standard InChI is InChI=1S/C15H16N2O3S/c1-10-5-3-4-6-13(10)15(18)17-14-9-12(21(16,19)20)8-7-11(14)2/h3-9H,1-2H3,(H,17,18)(H2,16,19,20). The van der Waals surface area contributed by atoms with E-state index in [1.54, 1.807) is 25.1 Å². The Hall–Kier alpha value is -2.18. The highest BCUT2D eigenvalue weighted by atomic mass is 32.2. The fraction of sp³-hybridized carbons (Fsp3) is 0.133. The summed E-state index contributed by atoms with van der Waals surface area (Å²) in [5.41, 5.74) is 2.56. The van der Waals surface area contributed by atoms with Gasteiger partial charge in [-0.2, -0.15) is 0 Å². The summed E-state index contributed by atoms with van der Waals surface area (Å²) in [6.07, 6.45) is 0. The molecule has 6 heteroatoms. The van der Waals surface area contributed by atoms with Gasteiger partial charge in [0.05, 0.1) is 4.90 Å². The molecule has 0 atom stereocenters. The van der Waals surface area contributed by atoms with Crippen LogP contribution in [0.4, 0.5) is 5.69 Å². The number of carbonyl (C=O) groups excluding carboxylic acids is 1. The van der Waals surface area contributed by atoms with E-state index in [9.17, 15) is 13.2 Å². The molecule has 0 saturated heterocycles. The lowest BCUT2D eigenvalue weighted by Gasteiger charge is -2.11. The molecule has 2 rings (SSSR count). The van der Waals surface area contributed by atoms with Crippen LogP contribution in [0.15, 0.2) is 47.4 Å². The summed E-state index contributed by atoms with van der Waals surface area (Å²) in [5, 5.41) is 7.82. The van der Waals surface area contributed by atoms with Gasteiger partial charge in [-0.05, 0) is 43.2 Å². The predicted octanol–water partition coefficient (Wildman–Crippen LogP) is 2.20. The molecule has 2 aromatic carbocycles. The summed E-state index contributed by atoms with van der Waals surface area (Å²) in [6.45, 7) is 3.61. The lowest BCUT2D eigenvalue weighted by molar-refractivity contribution is 0.102. The molecule has 0 unspecified atom stereocenters. The van der Waals surface area contributed by atoms with Gasteiger partial charge >= 0.3 is 0 Å². The predicted molar refractivity (Wildman–Crippen MR) is 81.7 cm³/mol. The molecule has 110 valence electrons. The Morgan fingerprint density at radius 2 is 1.71 bits per heavy atom. The monoisotopic (exact) mass is 304 g/mol. The molecule has 0 aliphatic carbocycles. The number of sulfonamides is 1.